The topological polar surface area (TPSA) is 54.8 Å². The number of aliphatic hydroxyl groups excluding tert-OH is 1. The molecule has 19 heavy (non-hydrogen) atoms. The van der Waals surface area contributed by atoms with Crippen molar-refractivity contribution < 1.29 is 14.6 Å². The van der Waals surface area contributed by atoms with E-state index in [4.69, 9.17) is 9.47 Å². The Bertz CT molecular complexity index is 613. The smallest absolute Gasteiger partial charge is 0.231 e. The van der Waals surface area contributed by atoms with Crippen LogP contribution >= 0.6 is 0 Å². The highest BCUT2D eigenvalue weighted by molar-refractivity contribution is 5.94. The molecule has 5 nitrogen and oxygen atoms in total. The summed E-state index contributed by atoms with van der Waals surface area (Å²) in [6.07, 6.45) is 1.36. The maximum absolute atomic E-state index is 9.50. The predicted molar refractivity (Wildman–Crippen MR) is 72.8 cm³/mol. The Balaban J connectivity index is 2.09. The molecule has 100 valence electrons. The first-order valence-electron chi connectivity index (χ1n) is 6.22. The van der Waals surface area contributed by atoms with E-state index in [1.54, 1.807) is 13.1 Å². The highest BCUT2D eigenvalue weighted by Crippen LogP contribution is 2.38. The van der Waals surface area contributed by atoms with Crippen LogP contribution in [0.15, 0.2) is 24.4 Å². The molecule has 1 aliphatic rings. The summed E-state index contributed by atoms with van der Waals surface area (Å²) in [6.45, 7) is 2.55. The van der Waals surface area contributed by atoms with E-state index in [0.29, 0.717) is 6.54 Å². The Morgan fingerprint density at radius 2 is 2.11 bits per heavy atom. The van der Waals surface area contributed by atoms with Crippen molar-refractivity contribution in [2.75, 3.05) is 25.3 Å². The molecule has 2 aromatic rings. The molecule has 1 aliphatic heterocycles. The minimum absolute atomic E-state index is 0.262. The lowest BCUT2D eigenvalue weighted by atomic mass is 10.1. The number of hydrogen-bond acceptors (Lipinski definition) is 5. The van der Waals surface area contributed by atoms with Gasteiger partial charge in [0.05, 0.1) is 6.10 Å². The fourth-order valence-corrected chi connectivity index (χ4v) is 2.33. The van der Waals surface area contributed by atoms with Gasteiger partial charge >= 0.3 is 0 Å². The van der Waals surface area contributed by atoms with Crippen LogP contribution in [0.3, 0.4) is 0 Å². The monoisotopic (exact) mass is 260 g/mol. The molecule has 1 aromatic carbocycles. The third kappa shape index (κ3) is 2.17. The molecule has 3 rings (SSSR count). The largest absolute Gasteiger partial charge is 0.454 e. The van der Waals surface area contributed by atoms with Gasteiger partial charge in [-0.3, -0.25) is 0 Å². The standard InChI is InChI=1S/C14H16N2O3/c1-9(17)7-16(2)14-11-6-13-12(18-8-19-13)5-10(11)3-4-15-14/h3-6,9,17H,7-8H2,1-2H3. The molecule has 1 unspecified atom stereocenters. The van der Waals surface area contributed by atoms with Gasteiger partial charge in [0.25, 0.3) is 0 Å². The van der Waals surface area contributed by atoms with E-state index in [1.807, 2.05) is 30.1 Å². The van der Waals surface area contributed by atoms with Gasteiger partial charge in [-0.25, -0.2) is 4.98 Å². The molecule has 0 saturated carbocycles. The van der Waals surface area contributed by atoms with Crippen LogP contribution in [-0.4, -0.2) is 36.6 Å². The zero-order chi connectivity index (χ0) is 13.4. The maximum Gasteiger partial charge on any atom is 0.231 e. The normalized spacial score (nSPS) is 14.7. The lowest BCUT2D eigenvalue weighted by Crippen LogP contribution is -2.27. The summed E-state index contributed by atoms with van der Waals surface area (Å²) in [4.78, 5) is 6.34. The fraction of sp³-hybridized carbons (Fsp3) is 0.357. The van der Waals surface area contributed by atoms with E-state index in [0.717, 1.165) is 28.1 Å². The molecule has 0 bridgehead atoms. The van der Waals surface area contributed by atoms with Crippen molar-refractivity contribution in [3.63, 3.8) is 0 Å². The molecule has 1 N–H and O–H groups in total. The van der Waals surface area contributed by atoms with Crippen molar-refractivity contribution >= 4 is 16.6 Å². The molecule has 0 radical (unpaired) electrons. The molecule has 5 heteroatoms. The zero-order valence-electron chi connectivity index (χ0n) is 11.0. The van der Waals surface area contributed by atoms with Gasteiger partial charge < -0.3 is 19.5 Å². The number of nitrogens with zero attached hydrogens (tertiary/aromatic N) is 2. The molecule has 2 heterocycles. The number of ether oxygens (including phenoxy) is 2. The van der Waals surface area contributed by atoms with Crippen molar-refractivity contribution in [1.82, 2.24) is 4.98 Å². The minimum Gasteiger partial charge on any atom is -0.454 e. The van der Waals surface area contributed by atoms with Crippen LogP contribution in [0.5, 0.6) is 11.5 Å². The number of pyridine rings is 1. The third-order valence-electron chi connectivity index (χ3n) is 3.14. The van der Waals surface area contributed by atoms with Crippen LogP contribution < -0.4 is 14.4 Å². The first-order chi connectivity index (χ1) is 9.15. The number of fused-ring (bicyclic) bond motifs is 2. The van der Waals surface area contributed by atoms with Crippen molar-refractivity contribution in [3.8, 4) is 11.5 Å². The molecule has 0 amide bonds. The highest BCUT2D eigenvalue weighted by Gasteiger charge is 2.17. The van der Waals surface area contributed by atoms with Crippen molar-refractivity contribution in [1.29, 1.82) is 0 Å². The van der Waals surface area contributed by atoms with Gasteiger partial charge in [-0.2, -0.15) is 0 Å². The summed E-state index contributed by atoms with van der Waals surface area (Å²) >= 11 is 0. The molecule has 0 fully saturated rings. The lowest BCUT2D eigenvalue weighted by molar-refractivity contribution is 0.174. The van der Waals surface area contributed by atoms with Gasteiger partial charge in [-0.1, -0.05) is 0 Å². The number of aromatic nitrogens is 1. The van der Waals surface area contributed by atoms with Crippen LogP contribution in [0.1, 0.15) is 6.92 Å². The minimum atomic E-state index is -0.406. The molecule has 0 spiro atoms. The van der Waals surface area contributed by atoms with Crippen LogP contribution in [0, 0.1) is 0 Å². The van der Waals surface area contributed by atoms with Gasteiger partial charge in [0, 0.05) is 25.2 Å². The SMILES string of the molecule is CC(O)CN(C)c1nccc2cc3c(cc12)OCO3. The number of rotatable bonds is 3. The second-order valence-corrected chi connectivity index (χ2v) is 4.79. The number of likely N-dealkylation sites (N-methyl/N-ethyl adjacent to an activating group) is 1. The quantitative estimate of drug-likeness (QED) is 0.911. The lowest BCUT2D eigenvalue weighted by Gasteiger charge is -2.21. The maximum atomic E-state index is 9.50. The summed E-state index contributed by atoms with van der Waals surface area (Å²) in [5.41, 5.74) is 0. The van der Waals surface area contributed by atoms with Gasteiger partial charge in [-0.15, -0.1) is 0 Å². The second kappa shape index (κ2) is 4.59. The van der Waals surface area contributed by atoms with E-state index in [9.17, 15) is 5.11 Å². The van der Waals surface area contributed by atoms with Crippen molar-refractivity contribution in [3.05, 3.63) is 24.4 Å². The van der Waals surface area contributed by atoms with Gasteiger partial charge in [0.1, 0.15) is 5.82 Å². The number of anilines is 1. The Morgan fingerprint density at radius 1 is 1.37 bits per heavy atom. The van der Waals surface area contributed by atoms with Crippen molar-refractivity contribution in [2.24, 2.45) is 0 Å². The Hall–Kier alpha value is -2.01. The first-order valence-corrected chi connectivity index (χ1v) is 6.22. The summed E-state index contributed by atoms with van der Waals surface area (Å²) in [7, 11) is 1.92. The highest BCUT2D eigenvalue weighted by atomic mass is 16.7. The summed E-state index contributed by atoms with van der Waals surface area (Å²) < 4.78 is 10.8. The van der Waals surface area contributed by atoms with E-state index in [1.165, 1.54) is 0 Å². The zero-order valence-corrected chi connectivity index (χ0v) is 11.0. The van der Waals surface area contributed by atoms with Crippen molar-refractivity contribution in [2.45, 2.75) is 13.0 Å². The Kier molecular flexibility index (Phi) is 2.91. The molecule has 1 atom stereocenters. The van der Waals surface area contributed by atoms with Crippen LogP contribution in [0.4, 0.5) is 5.82 Å². The number of hydrogen-bond donors (Lipinski definition) is 1. The van der Waals surface area contributed by atoms with Crippen LogP contribution in [0.2, 0.25) is 0 Å². The molecule has 1 aromatic heterocycles. The number of aliphatic hydroxyl groups is 1. The summed E-state index contributed by atoms with van der Waals surface area (Å²) in [5.74, 6) is 2.34. The predicted octanol–water partition coefficient (Wildman–Crippen LogP) is 1.78. The second-order valence-electron chi connectivity index (χ2n) is 4.79. The Labute approximate surface area is 111 Å². The van der Waals surface area contributed by atoms with E-state index >= 15 is 0 Å². The van der Waals surface area contributed by atoms with Crippen LogP contribution in [0.25, 0.3) is 10.8 Å². The molecule has 0 aliphatic carbocycles. The van der Waals surface area contributed by atoms with Gasteiger partial charge in [0.15, 0.2) is 11.5 Å². The van der Waals surface area contributed by atoms with Crippen LogP contribution in [-0.2, 0) is 0 Å². The van der Waals surface area contributed by atoms with E-state index < -0.39 is 6.10 Å². The van der Waals surface area contributed by atoms with Gasteiger partial charge in [0.2, 0.25) is 6.79 Å². The van der Waals surface area contributed by atoms with Gasteiger partial charge in [-0.05, 0) is 30.5 Å². The van der Waals surface area contributed by atoms with E-state index in [-0.39, 0.29) is 6.79 Å². The number of benzene rings is 1. The molecular formula is C14H16N2O3. The molecular weight excluding hydrogens is 244 g/mol. The third-order valence-corrected chi connectivity index (χ3v) is 3.14. The summed E-state index contributed by atoms with van der Waals surface area (Å²) in [5, 5.41) is 11.5. The first kappa shape index (κ1) is 12.0. The average molecular weight is 260 g/mol. The fourth-order valence-electron chi connectivity index (χ4n) is 2.33. The Morgan fingerprint density at radius 3 is 2.84 bits per heavy atom. The average Bonchev–Trinajstić information content (AvgIpc) is 2.81. The van der Waals surface area contributed by atoms with E-state index in [2.05, 4.69) is 4.98 Å². The molecule has 0 saturated heterocycles. The summed E-state index contributed by atoms with van der Waals surface area (Å²) in [6, 6.07) is 5.84.